The van der Waals surface area contributed by atoms with Crippen molar-refractivity contribution in [1.82, 2.24) is 9.13 Å². The van der Waals surface area contributed by atoms with Crippen LogP contribution in [-0.2, 0) is 12.8 Å². The molecule has 0 bridgehead atoms. The molecule has 532 valence electrons. The first-order valence-electron chi connectivity index (χ1n) is 40.0. The SMILES string of the molecule is c1ccc(-c2cccc(-n3c4ccccc4c4cc(-c5ccc6c(c5)c5ccc7c(c5n6-c5cccc(-c6ccccc6)c5)-c5ccccc5C7)ccc43)c2)cc1.c1ccc(-c2cccc(C3c4ccccc4-c4cc(-c5ccc6c(c5)-c5ccc7c(c5C6c5cccc(-c6ccccc6)c5)Cc5ccccc5-7)ccc43)c2)cc1. The number of hydrogen-bond donors (Lipinski definition) is 0. The van der Waals surface area contributed by atoms with Crippen LogP contribution >= 0.6 is 0 Å². The van der Waals surface area contributed by atoms with Crippen molar-refractivity contribution in [2.24, 2.45) is 0 Å². The molecule has 4 aliphatic carbocycles. The maximum Gasteiger partial charge on any atom is 0.0622 e. The molecular formula is C112H74N2. The molecule has 4 aliphatic rings. The highest BCUT2D eigenvalue weighted by atomic mass is 15.0. The summed E-state index contributed by atoms with van der Waals surface area (Å²) in [5.41, 5.74) is 47.0. The van der Waals surface area contributed by atoms with Gasteiger partial charge in [0, 0.05) is 50.3 Å². The second kappa shape index (κ2) is 26.7. The summed E-state index contributed by atoms with van der Waals surface area (Å²) in [5.74, 6) is 0.357. The lowest BCUT2D eigenvalue weighted by atomic mass is 9.84. The quantitative estimate of drug-likeness (QED) is 0.129. The Morgan fingerprint density at radius 2 is 0.623 bits per heavy atom. The van der Waals surface area contributed by atoms with Gasteiger partial charge in [-0.3, -0.25) is 0 Å². The monoisotopic (exact) mass is 1450 g/mol. The highest BCUT2D eigenvalue weighted by Gasteiger charge is 2.37. The molecule has 0 saturated carbocycles. The number of benzene rings is 18. The molecule has 2 unspecified atom stereocenters. The second-order valence-corrected chi connectivity index (χ2v) is 31.2. The predicted octanol–water partition coefficient (Wildman–Crippen LogP) is 29.0. The Balaban J connectivity index is 0.000000135. The first kappa shape index (κ1) is 65.4. The fourth-order valence-electron chi connectivity index (χ4n) is 19.8. The molecule has 2 aromatic heterocycles. The van der Waals surface area contributed by atoms with Gasteiger partial charge in [0.1, 0.15) is 0 Å². The number of rotatable bonds is 10. The third-order valence-corrected chi connectivity index (χ3v) is 25.0. The average Bonchev–Trinajstić information content (AvgIpc) is 1.56. The molecule has 2 atom stereocenters. The van der Waals surface area contributed by atoms with Crippen LogP contribution in [0.2, 0.25) is 0 Å². The van der Waals surface area contributed by atoms with E-state index >= 15 is 0 Å². The van der Waals surface area contributed by atoms with Gasteiger partial charge >= 0.3 is 0 Å². The lowest BCUT2D eigenvalue weighted by Gasteiger charge is -2.19. The molecule has 2 heteroatoms. The third kappa shape index (κ3) is 10.7. The van der Waals surface area contributed by atoms with Crippen LogP contribution in [0.5, 0.6) is 0 Å². The molecule has 0 saturated heterocycles. The van der Waals surface area contributed by atoms with Crippen molar-refractivity contribution in [2.45, 2.75) is 24.7 Å². The van der Waals surface area contributed by atoms with E-state index in [1.807, 2.05) is 0 Å². The number of hydrogen-bond acceptors (Lipinski definition) is 0. The van der Waals surface area contributed by atoms with Crippen LogP contribution in [0.1, 0.15) is 67.5 Å². The van der Waals surface area contributed by atoms with E-state index in [1.165, 1.54) is 216 Å². The van der Waals surface area contributed by atoms with Gasteiger partial charge in [-0.15, -0.1) is 0 Å². The zero-order chi connectivity index (χ0) is 74.9. The van der Waals surface area contributed by atoms with Crippen LogP contribution in [0.25, 0.3) is 166 Å². The van der Waals surface area contributed by atoms with Gasteiger partial charge in [-0.2, -0.15) is 0 Å². The van der Waals surface area contributed by atoms with Crippen molar-refractivity contribution < 1.29 is 0 Å². The minimum Gasteiger partial charge on any atom is -0.309 e. The molecule has 0 radical (unpaired) electrons. The molecule has 0 aliphatic heterocycles. The standard InChI is InChI=1S/C57H38.C55H36N2/c1-3-13-36(14-4-1)38-18-11-20-43(31-38)55-48-24-10-9-23-46(48)52-33-40(25-27-49(52)55)41-26-28-50-53(34-41)51-30-29-47-45-22-8-7-17-42(45)35-54(47)57(51)56(50)44-21-12-19-39(32-44)37-15-5-2-6-16-37;1-3-13-36(14-4-1)38-18-11-20-44(32-38)56-51-24-10-9-23-47(51)49-34-40(26-29-52(49)56)41-27-30-53-50(35-41)48-28-25-43-31-42-17-7-8-22-46(42)54(43)55(48)57(53)45-21-12-19-39(33-45)37-15-5-2-6-16-37/h1-34,55-56H,35H2;1-30,32-35H,31H2. The largest absolute Gasteiger partial charge is 0.309 e. The van der Waals surface area contributed by atoms with Crippen LogP contribution < -0.4 is 0 Å². The van der Waals surface area contributed by atoms with Crippen LogP contribution in [-0.4, -0.2) is 9.13 Å². The Morgan fingerprint density at radius 3 is 1.25 bits per heavy atom. The Hall–Kier alpha value is -14.4. The van der Waals surface area contributed by atoms with E-state index in [0.717, 1.165) is 18.5 Å². The summed E-state index contributed by atoms with van der Waals surface area (Å²) in [7, 11) is 0. The van der Waals surface area contributed by atoms with Gasteiger partial charge in [0.25, 0.3) is 0 Å². The first-order chi connectivity index (χ1) is 56.5. The normalized spacial score (nSPS) is 13.7. The van der Waals surface area contributed by atoms with Crippen LogP contribution in [0.3, 0.4) is 0 Å². The number of para-hydroxylation sites is 1. The molecule has 2 heterocycles. The van der Waals surface area contributed by atoms with E-state index < -0.39 is 0 Å². The van der Waals surface area contributed by atoms with Crippen molar-refractivity contribution in [2.75, 3.05) is 0 Å². The minimum absolute atomic E-state index is 0.163. The Kier molecular flexibility index (Phi) is 15.3. The van der Waals surface area contributed by atoms with Gasteiger partial charge < -0.3 is 9.13 Å². The van der Waals surface area contributed by atoms with E-state index in [1.54, 1.807) is 0 Å². The number of fused-ring (bicyclic) bond motifs is 20. The van der Waals surface area contributed by atoms with Gasteiger partial charge in [0.05, 0.1) is 22.1 Å². The van der Waals surface area contributed by atoms with E-state index in [9.17, 15) is 0 Å². The van der Waals surface area contributed by atoms with Gasteiger partial charge in [-0.05, 0) is 241 Å². The zero-order valence-corrected chi connectivity index (χ0v) is 62.7. The first-order valence-corrected chi connectivity index (χ1v) is 40.0. The van der Waals surface area contributed by atoms with Gasteiger partial charge in [-0.1, -0.05) is 346 Å². The van der Waals surface area contributed by atoms with Gasteiger partial charge in [-0.25, -0.2) is 0 Å². The van der Waals surface area contributed by atoms with Crippen LogP contribution in [0, 0.1) is 0 Å². The fraction of sp³-hybridized carbons (Fsp3) is 0.0357. The van der Waals surface area contributed by atoms with Gasteiger partial charge in [0.15, 0.2) is 0 Å². The summed E-state index contributed by atoms with van der Waals surface area (Å²) in [4.78, 5) is 0. The second-order valence-electron chi connectivity index (χ2n) is 31.2. The Morgan fingerprint density at radius 1 is 0.202 bits per heavy atom. The van der Waals surface area contributed by atoms with Crippen molar-refractivity contribution in [3.63, 3.8) is 0 Å². The summed E-state index contributed by atoms with van der Waals surface area (Å²) >= 11 is 0. The topological polar surface area (TPSA) is 9.86 Å². The lowest BCUT2D eigenvalue weighted by Crippen LogP contribution is -2.03. The van der Waals surface area contributed by atoms with Crippen molar-refractivity contribution in [3.8, 4) is 123 Å². The highest BCUT2D eigenvalue weighted by molar-refractivity contribution is 6.17. The zero-order valence-electron chi connectivity index (χ0n) is 62.7. The number of nitrogens with zero attached hydrogens (tertiary/aromatic N) is 2. The van der Waals surface area contributed by atoms with Crippen molar-refractivity contribution in [3.05, 3.63) is 468 Å². The van der Waals surface area contributed by atoms with Gasteiger partial charge in [0.2, 0.25) is 0 Å². The average molecular weight is 1450 g/mol. The predicted molar refractivity (Wildman–Crippen MR) is 476 cm³/mol. The van der Waals surface area contributed by atoms with Crippen molar-refractivity contribution in [1.29, 1.82) is 0 Å². The fourth-order valence-corrected chi connectivity index (χ4v) is 19.8. The Bertz CT molecular complexity index is 7280. The molecule has 0 N–H and O–H groups in total. The molecule has 20 aromatic rings. The Labute approximate surface area is 663 Å². The molecule has 2 nitrogen and oxygen atoms in total. The van der Waals surface area contributed by atoms with Crippen LogP contribution in [0.15, 0.2) is 413 Å². The molecule has 114 heavy (non-hydrogen) atoms. The summed E-state index contributed by atoms with van der Waals surface area (Å²) in [5, 5.41) is 5.05. The molecule has 24 rings (SSSR count). The number of aromatic nitrogens is 2. The van der Waals surface area contributed by atoms with Crippen molar-refractivity contribution >= 4 is 43.6 Å². The van der Waals surface area contributed by atoms with E-state index in [2.05, 4.69) is 422 Å². The summed E-state index contributed by atoms with van der Waals surface area (Å²) in [6, 6.07) is 153. The van der Waals surface area contributed by atoms with E-state index in [0.29, 0.717) is 0 Å². The minimum atomic E-state index is 0.163. The third-order valence-electron chi connectivity index (χ3n) is 25.0. The maximum atomic E-state index is 2.52. The lowest BCUT2D eigenvalue weighted by molar-refractivity contribution is 0.991. The smallest absolute Gasteiger partial charge is 0.0622 e. The molecule has 0 amide bonds. The molecule has 18 aromatic carbocycles. The highest BCUT2D eigenvalue weighted by Crippen LogP contribution is 2.57. The summed E-state index contributed by atoms with van der Waals surface area (Å²) < 4.78 is 4.93. The molecule has 0 fully saturated rings. The van der Waals surface area contributed by atoms with E-state index in [-0.39, 0.29) is 11.8 Å². The summed E-state index contributed by atoms with van der Waals surface area (Å²) in [6.07, 6.45) is 1.94. The van der Waals surface area contributed by atoms with E-state index in [4.69, 9.17) is 0 Å². The molecular weight excluding hydrogens is 1370 g/mol. The summed E-state index contributed by atoms with van der Waals surface area (Å²) in [6.45, 7) is 0. The van der Waals surface area contributed by atoms with Crippen LogP contribution in [0.4, 0.5) is 0 Å². The molecule has 0 spiro atoms. The maximum absolute atomic E-state index is 2.52.